The molecule has 0 unspecified atom stereocenters. The number of benzene rings is 1. The Bertz CT molecular complexity index is 511. The summed E-state index contributed by atoms with van der Waals surface area (Å²) < 4.78 is 0. The number of rotatable bonds is 8. The molecule has 1 aromatic heterocycles. The average molecular weight is 285 g/mol. The second-order valence-electron chi connectivity index (χ2n) is 5.90. The molecule has 0 bridgehead atoms. The Labute approximate surface area is 128 Å². The van der Waals surface area contributed by atoms with E-state index in [-0.39, 0.29) is 0 Å². The molecular weight excluding hydrogens is 258 g/mol. The first-order valence-corrected chi connectivity index (χ1v) is 7.94. The fraction of sp³-hybridized carbons (Fsp3) is 0.500. The number of hydrogen-bond acceptors (Lipinski definition) is 2. The molecule has 21 heavy (non-hydrogen) atoms. The highest BCUT2D eigenvalue weighted by molar-refractivity contribution is 5.23. The quantitative estimate of drug-likeness (QED) is 0.728. The van der Waals surface area contributed by atoms with Gasteiger partial charge >= 0.3 is 0 Å². The van der Waals surface area contributed by atoms with Gasteiger partial charge in [-0.25, -0.2) is 0 Å². The first kappa shape index (κ1) is 15.8. The van der Waals surface area contributed by atoms with Crippen LogP contribution in [0.4, 0.5) is 0 Å². The molecule has 0 aliphatic rings. The van der Waals surface area contributed by atoms with Crippen LogP contribution in [0.3, 0.4) is 0 Å². The summed E-state index contributed by atoms with van der Waals surface area (Å²) in [6.07, 6.45) is 4.60. The van der Waals surface area contributed by atoms with Crippen LogP contribution in [0.25, 0.3) is 0 Å². The zero-order chi connectivity index (χ0) is 15.1. The van der Waals surface area contributed by atoms with Crippen LogP contribution in [-0.2, 0) is 12.8 Å². The molecule has 2 rings (SSSR count). The minimum absolute atomic E-state index is 0.566. The zero-order valence-corrected chi connectivity index (χ0v) is 13.4. The molecule has 0 fully saturated rings. The predicted octanol–water partition coefficient (Wildman–Crippen LogP) is 3.57. The summed E-state index contributed by atoms with van der Waals surface area (Å²) >= 11 is 0. The molecule has 0 saturated heterocycles. The van der Waals surface area contributed by atoms with E-state index in [0.717, 1.165) is 31.5 Å². The van der Waals surface area contributed by atoms with E-state index in [2.05, 4.69) is 66.6 Å². The van der Waals surface area contributed by atoms with Crippen LogP contribution in [0.1, 0.15) is 42.3 Å². The summed E-state index contributed by atoms with van der Waals surface area (Å²) in [5.74, 6) is 0. The van der Waals surface area contributed by atoms with Gasteiger partial charge in [-0.1, -0.05) is 30.3 Å². The SMILES string of the molecule is Cc1n[nH]c(C)c1CCCN[C@H](C)CCc1ccccc1. The average Bonchev–Trinajstić information content (AvgIpc) is 2.82. The van der Waals surface area contributed by atoms with E-state index in [9.17, 15) is 0 Å². The van der Waals surface area contributed by atoms with Crippen molar-refractivity contribution in [1.82, 2.24) is 15.5 Å². The van der Waals surface area contributed by atoms with Crippen LogP contribution in [0.2, 0.25) is 0 Å². The first-order valence-electron chi connectivity index (χ1n) is 7.94. The molecular formula is C18H27N3. The molecule has 0 saturated carbocycles. The highest BCUT2D eigenvalue weighted by atomic mass is 15.1. The Kier molecular flexibility index (Phi) is 6.00. The van der Waals surface area contributed by atoms with Crippen LogP contribution in [0.5, 0.6) is 0 Å². The van der Waals surface area contributed by atoms with Crippen molar-refractivity contribution in [2.45, 2.75) is 52.5 Å². The normalized spacial score (nSPS) is 12.5. The van der Waals surface area contributed by atoms with Gasteiger partial charge in [0, 0.05) is 11.7 Å². The van der Waals surface area contributed by atoms with E-state index in [1.807, 2.05) is 0 Å². The molecule has 0 amide bonds. The molecule has 1 aromatic carbocycles. The van der Waals surface area contributed by atoms with Gasteiger partial charge in [-0.2, -0.15) is 5.10 Å². The lowest BCUT2D eigenvalue weighted by molar-refractivity contribution is 0.506. The lowest BCUT2D eigenvalue weighted by Gasteiger charge is -2.13. The number of aryl methyl sites for hydroxylation is 3. The van der Waals surface area contributed by atoms with Gasteiger partial charge in [-0.15, -0.1) is 0 Å². The van der Waals surface area contributed by atoms with Crippen LogP contribution < -0.4 is 5.32 Å². The summed E-state index contributed by atoms with van der Waals surface area (Å²) in [7, 11) is 0. The van der Waals surface area contributed by atoms with Gasteiger partial charge in [-0.05, 0) is 64.1 Å². The third-order valence-corrected chi connectivity index (χ3v) is 4.09. The number of aromatic nitrogens is 2. The number of hydrogen-bond donors (Lipinski definition) is 2. The van der Waals surface area contributed by atoms with E-state index in [0.29, 0.717) is 6.04 Å². The summed E-state index contributed by atoms with van der Waals surface area (Å²) in [6, 6.07) is 11.3. The molecule has 1 atom stereocenters. The first-order chi connectivity index (χ1) is 10.2. The van der Waals surface area contributed by atoms with Crippen LogP contribution in [-0.4, -0.2) is 22.8 Å². The van der Waals surface area contributed by atoms with Crippen molar-refractivity contribution < 1.29 is 0 Å². The van der Waals surface area contributed by atoms with Crippen molar-refractivity contribution >= 4 is 0 Å². The predicted molar refractivity (Wildman–Crippen MR) is 88.6 cm³/mol. The van der Waals surface area contributed by atoms with Gasteiger partial charge in [0.25, 0.3) is 0 Å². The van der Waals surface area contributed by atoms with E-state index >= 15 is 0 Å². The smallest absolute Gasteiger partial charge is 0.0625 e. The molecule has 0 spiro atoms. The number of nitrogens with one attached hydrogen (secondary N) is 2. The third kappa shape index (κ3) is 5.01. The lowest BCUT2D eigenvalue weighted by atomic mass is 10.1. The molecule has 1 heterocycles. The van der Waals surface area contributed by atoms with E-state index in [1.165, 1.54) is 23.2 Å². The Morgan fingerprint density at radius 3 is 2.57 bits per heavy atom. The van der Waals surface area contributed by atoms with E-state index < -0.39 is 0 Å². The largest absolute Gasteiger partial charge is 0.314 e. The number of H-pyrrole nitrogens is 1. The maximum absolute atomic E-state index is 4.25. The fourth-order valence-corrected chi connectivity index (χ4v) is 2.69. The minimum atomic E-state index is 0.566. The Morgan fingerprint density at radius 1 is 1.14 bits per heavy atom. The van der Waals surface area contributed by atoms with Gasteiger partial charge in [0.05, 0.1) is 5.69 Å². The summed E-state index contributed by atoms with van der Waals surface area (Å²) in [5, 5.41) is 10.9. The number of aromatic amines is 1. The molecule has 2 N–H and O–H groups in total. The third-order valence-electron chi connectivity index (χ3n) is 4.09. The Hall–Kier alpha value is -1.61. The fourth-order valence-electron chi connectivity index (χ4n) is 2.69. The van der Waals surface area contributed by atoms with Gasteiger partial charge in [-0.3, -0.25) is 5.10 Å². The molecule has 0 aliphatic carbocycles. The lowest BCUT2D eigenvalue weighted by Crippen LogP contribution is -2.27. The van der Waals surface area contributed by atoms with Crippen molar-refractivity contribution in [1.29, 1.82) is 0 Å². The Balaban J connectivity index is 1.62. The van der Waals surface area contributed by atoms with Gasteiger partial charge in [0.2, 0.25) is 0 Å². The van der Waals surface area contributed by atoms with Crippen LogP contribution >= 0.6 is 0 Å². The molecule has 114 valence electrons. The monoisotopic (exact) mass is 285 g/mol. The Morgan fingerprint density at radius 2 is 1.90 bits per heavy atom. The maximum atomic E-state index is 4.25. The van der Waals surface area contributed by atoms with Crippen molar-refractivity contribution in [3.8, 4) is 0 Å². The standard InChI is InChI=1S/C18H27N3/c1-14(11-12-17-8-5-4-6-9-17)19-13-7-10-18-15(2)20-21-16(18)3/h4-6,8-9,14,19H,7,10-13H2,1-3H3,(H,20,21)/t14-/m1/s1. The van der Waals surface area contributed by atoms with Gasteiger partial charge in [0.15, 0.2) is 0 Å². The van der Waals surface area contributed by atoms with Crippen molar-refractivity contribution in [2.24, 2.45) is 0 Å². The molecule has 0 radical (unpaired) electrons. The molecule has 2 aromatic rings. The second-order valence-corrected chi connectivity index (χ2v) is 5.90. The zero-order valence-electron chi connectivity index (χ0n) is 13.4. The van der Waals surface area contributed by atoms with Crippen molar-refractivity contribution in [2.75, 3.05) is 6.54 Å². The van der Waals surface area contributed by atoms with Crippen LogP contribution in [0.15, 0.2) is 30.3 Å². The van der Waals surface area contributed by atoms with Crippen molar-refractivity contribution in [3.05, 3.63) is 52.8 Å². The highest BCUT2D eigenvalue weighted by Gasteiger charge is 2.06. The topological polar surface area (TPSA) is 40.7 Å². The van der Waals surface area contributed by atoms with E-state index in [4.69, 9.17) is 0 Å². The molecule has 3 heteroatoms. The van der Waals surface area contributed by atoms with Gasteiger partial charge < -0.3 is 5.32 Å². The molecule has 3 nitrogen and oxygen atoms in total. The van der Waals surface area contributed by atoms with Crippen molar-refractivity contribution in [3.63, 3.8) is 0 Å². The number of nitrogens with zero attached hydrogens (tertiary/aromatic N) is 1. The second kappa shape index (κ2) is 7.99. The van der Waals surface area contributed by atoms with E-state index in [1.54, 1.807) is 0 Å². The summed E-state index contributed by atoms with van der Waals surface area (Å²) in [5.41, 5.74) is 5.17. The van der Waals surface area contributed by atoms with Gasteiger partial charge in [0.1, 0.15) is 0 Å². The summed E-state index contributed by atoms with van der Waals surface area (Å²) in [4.78, 5) is 0. The molecule has 0 aliphatic heterocycles. The minimum Gasteiger partial charge on any atom is -0.314 e. The summed E-state index contributed by atoms with van der Waals surface area (Å²) in [6.45, 7) is 7.53. The highest BCUT2D eigenvalue weighted by Crippen LogP contribution is 2.11. The van der Waals surface area contributed by atoms with Crippen LogP contribution in [0, 0.1) is 13.8 Å². The maximum Gasteiger partial charge on any atom is 0.0625 e.